The summed E-state index contributed by atoms with van der Waals surface area (Å²) in [5.74, 6) is 0.569. The van der Waals surface area contributed by atoms with Crippen LogP contribution in [0.4, 0.5) is 9.59 Å². The topological polar surface area (TPSA) is 113 Å². The van der Waals surface area contributed by atoms with Gasteiger partial charge in [0.1, 0.15) is 0 Å². The molecule has 2 N–H and O–H groups in total. The molecule has 2 aliphatic heterocycles. The zero-order chi connectivity index (χ0) is 27.7. The molecule has 2 heterocycles. The Hall–Kier alpha value is -3.47. The third-order valence-electron chi connectivity index (χ3n) is 6.77. The minimum absolute atomic E-state index is 0.0547. The lowest BCUT2D eigenvalue weighted by Gasteiger charge is -2.38. The van der Waals surface area contributed by atoms with Crippen molar-refractivity contribution in [2.24, 2.45) is 0 Å². The van der Waals surface area contributed by atoms with Crippen molar-refractivity contribution in [3.63, 3.8) is 0 Å². The Balaban J connectivity index is 1.97. The van der Waals surface area contributed by atoms with Crippen LogP contribution in [0.15, 0.2) is 29.5 Å². The molecule has 2 aliphatic rings. The molecule has 0 unspecified atom stereocenters. The minimum Gasteiger partial charge on any atom is -0.493 e. The minimum atomic E-state index is -0.720. The van der Waals surface area contributed by atoms with Gasteiger partial charge in [-0.2, -0.15) is 0 Å². The normalized spacial score (nSPS) is 18.6. The summed E-state index contributed by atoms with van der Waals surface area (Å²) in [7, 11) is 3.09. The van der Waals surface area contributed by atoms with E-state index in [-0.39, 0.29) is 18.7 Å². The number of hydrogen-bond acceptors (Lipinski definition) is 7. The summed E-state index contributed by atoms with van der Waals surface area (Å²) in [4.78, 5) is 44.8. The van der Waals surface area contributed by atoms with Gasteiger partial charge in [0.2, 0.25) is 0 Å². The lowest BCUT2D eigenvalue weighted by atomic mass is 9.93. The Morgan fingerprint density at radius 3 is 2.47 bits per heavy atom. The summed E-state index contributed by atoms with van der Waals surface area (Å²) in [5.41, 5.74) is 1.68. The highest BCUT2D eigenvalue weighted by atomic mass is 16.5. The van der Waals surface area contributed by atoms with E-state index in [0.29, 0.717) is 67.6 Å². The lowest BCUT2D eigenvalue weighted by molar-refractivity contribution is -0.139. The summed E-state index contributed by atoms with van der Waals surface area (Å²) in [6, 6.07) is 4.26. The maximum absolute atomic E-state index is 13.4. The molecule has 0 aromatic heterocycles. The van der Waals surface area contributed by atoms with E-state index in [1.807, 2.05) is 24.8 Å². The largest absolute Gasteiger partial charge is 0.493 e. The van der Waals surface area contributed by atoms with Crippen molar-refractivity contribution < 1.29 is 28.6 Å². The summed E-state index contributed by atoms with van der Waals surface area (Å²) >= 11 is 0. The smallest absolute Gasteiger partial charge is 0.338 e. The molecule has 1 saturated heterocycles. The summed E-state index contributed by atoms with van der Waals surface area (Å²) in [6.07, 6.45) is 1.67. The number of esters is 1. The molecule has 0 saturated carbocycles. The SMILES string of the molecule is CCCNC(=O)N1CCCN(CC2=C(C(=O)OCC)[C@@H](c3ccc(OC)c(OC)c3)NC(=O)N2CC)CC1. The van der Waals surface area contributed by atoms with Crippen LogP contribution >= 0.6 is 0 Å². The lowest BCUT2D eigenvalue weighted by Crippen LogP contribution is -2.51. The number of amides is 4. The van der Waals surface area contributed by atoms with Gasteiger partial charge in [-0.1, -0.05) is 13.0 Å². The van der Waals surface area contributed by atoms with Crippen molar-refractivity contribution in [1.82, 2.24) is 25.3 Å². The molecule has 0 bridgehead atoms. The van der Waals surface area contributed by atoms with E-state index < -0.39 is 12.0 Å². The number of likely N-dealkylation sites (N-methyl/N-ethyl adjacent to an activating group) is 1. The Morgan fingerprint density at radius 1 is 1.05 bits per heavy atom. The van der Waals surface area contributed by atoms with Crippen LogP contribution in [0.5, 0.6) is 11.5 Å². The first-order chi connectivity index (χ1) is 18.4. The number of carbonyl (C=O) groups excluding carboxylic acids is 3. The summed E-state index contributed by atoms with van der Waals surface area (Å²) in [6.45, 7) is 9.86. The zero-order valence-corrected chi connectivity index (χ0v) is 23.2. The highest BCUT2D eigenvalue weighted by molar-refractivity contribution is 5.95. The molecule has 1 atom stereocenters. The van der Waals surface area contributed by atoms with Gasteiger partial charge in [0.05, 0.1) is 32.4 Å². The average molecular weight is 532 g/mol. The van der Waals surface area contributed by atoms with E-state index in [4.69, 9.17) is 14.2 Å². The highest BCUT2D eigenvalue weighted by Crippen LogP contribution is 2.36. The van der Waals surface area contributed by atoms with Gasteiger partial charge < -0.3 is 29.7 Å². The molecule has 0 radical (unpaired) electrons. The molecule has 11 nitrogen and oxygen atoms in total. The number of hydrogen-bond donors (Lipinski definition) is 2. The van der Waals surface area contributed by atoms with Gasteiger partial charge in [-0.25, -0.2) is 14.4 Å². The predicted molar refractivity (Wildman–Crippen MR) is 143 cm³/mol. The standard InChI is InChI=1S/C27H41N5O6/c1-6-12-28-26(34)31-14-9-13-30(15-16-31)18-20-23(25(33)38-8-3)24(29-27(35)32(20)7-2)19-10-11-21(36-4)22(17-19)37-5/h10-11,17,24H,6-9,12-16,18H2,1-5H3,(H,28,34)(H,29,35)/t24-/m1/s1. The Morgan fingerprint density at radius 2 is 1.82 bits per heavy atom. The van der Waals surface area contributed by atoms with E-state index in [2.05, 4.69) is 15.5 Å². The molecule has 0 spiro atoms. The maximum Gasteiger partial charge on any atom is 0.338 e. The van der Waals surface area contributed by atoms with Crippen molar-refractivity contribution >= 4 is 18.0 Å². The number of nitrogens with zero attached hydrogens (tertiary/aromatic N) is 3. The molecule has 210 valence electrons. The van der Waals surface area contributed by atoms with Crippen molar-refractivity contribution in [1.29, 1.82) is 0 Å². The summed E-state index contributed by atoms with van der Waals surface area (Å²) in [5, 5.41) is 5.93. The van der Waals surface area contributed by atoms with Gasteiger partial charge in [0.25, 0.3) is 0 Å². The Labute approximate surface area is 225 Å². The molecule has 1 fully saturated rings. The Bertz CT molecular complexity index is 1030. The first kappa shape index (κ1) is 29.1. The third-order valence-corrected chi connectivity index (χ3v) is 6.77. The van der Waals surface area contributed by atoms with Crippen molar-refractivity contribution in [2.75, 3.05) is 66.6 Å². The van der Waals surface area contributed by atoms with Gasteiger partial charge in [0, 0.05) is 51.5 Å². The van der Waals surface area contributed by atoms with E-state index in [9.17, 15) is 14.4 Å². The number of nitrogens with one attached hydrogen (secondary N) is 2. The van der Waals surface area contributed by atoms with Crippen LogP contribution in [0.3, 0.4) is 0 Å². The first-order valence-corrected chi connectivity index (χ1v) is 13.3. The number of methoxy groups -OCH3 is 2. The quantitative estimate of drug-likeness (QED) is 0.447. The van der Waals surface area contributed by atoms with Crippen LogP contribution in [0.1, 0.15) is 45.2 Å². The van der Waals surface area contributed by atoms with Gasteiger partial charge in [-0.3, -0.25) is 9.80 Å². The van der Waals surface area contributed by atoms with Gasteiger partial charge in [-0.05, 0) is 44.4 Å². The molecule has 0 aliphatic carbocycles. The number of rotatable bonds is 10. The fourth-order valence-corrected chi connectivity index (χ4v) is 4.83. The highest BCUT2D eigenvalue weighted by Gasteiger charge is 2.38. The fraction of sp³-hybridized carbons (Fsp3) is 0.593. The van der Waals surface area contributed by atoms with Gasteiger partial charge in [0.15, 0.2) is 11.5 Å². The second kappa shape index (κ2) is 13.9. The molecule has 3 rings (SSSR count). The van der Waals surface area contributed by atoms with E-state index in [1.165, 1.54) is 0 Å². The van der Waals surface area contributed by atoms with Crippen molar-refractivity contribution in [3.8, 4) is 11.5 Å². The molecular formula is C27H41N5O6. The summed E-state index contributed by atoms with van der Waals surface area (Å²) < 4.78 is 16.3. The van der Waals surface area contributed by atoms with Crippen LogP contribution in [0.25, 0.3) is 0 Å². The van der Waals surface area contributed by atoms with Crippen LogP contribution in [-0.4, -0.2) is 99.4 Å². The number of carbonyl (C=O) groups is 3. The van der Waals surface area contributed by atoms with E-state index in [1.54, 1.807) is 38.2 Å². The predicted octanol–water partition coefficient (Wildman–Crippen LogP) is 2.73. The molecule has 1 aromatic carbocycles. The fourth-order valence-electron chi connectivity index (χ4n) is 4.83. The van der Waals surface area contributed by atoms with Crippen molar-refractivity contribution in [3.05, 3.63) is 35.0 Å². The molecule has 11 heteroatoms. The molecule has 38 heavy (non-hydrogen) atoms. The second-order valence-corrected chi connectivity index (χ2v) is 9.17. The number of ether oxygens (including phenoxy) is 3. The maximum atomic E-state index is 13.4. The van der Waals surface area contributed by atoms with Crippen LogP contribution in [0, 0.1) is 0 Å². The van der Waals surface area contributed by atoms with Crippen LogP contribution in [-0.2, 0) is 9.53 Å². The van der Waals surface area contributed by atoms with Crippen LogP contribution < -0.4 is 20.1 Å². The van der Waals surface area contributed by atoms with Gasteiger partial charge in [-0.15, -0.1) is 0 Å². The third kappa shape index (κ3) is 6.69. The Kier molecular flexibility index (Phi) is 10.6. The van der Waals surface area contributed by atoms with Crippen molar-refractivity contribution in [2.45, 2.75) is 39.7 Å². The van der Waals surface area contributed by atoms with Gasteiger partial charge >= 0.3 is 18.0 Å². The first-order valence-electron chi connectivity index (χ1n) is 13.3. The molecule has 4 amide bonds. The van der Waals surface area contributed by atoms with E-state index >= 15 is 0 Å². The van der Waals surface area contributed by atoms with Crippen LogP contribution in [0.2, 0.25) is 0 Å². The molecule has 1 aromatic rings. The monoisotopic (exact) mass is 531 g/mol. The van der Waals surface area contributed by atoms with E-state index in [0.717, 1.165) is 19.4 Å². The zero-order valence-electron chi connectivity index (χ0n) is 23.2. The second-order valence-electron chi connectivity index (χ2n) is 9.17. The molecular weight excluding hydrogens is 490 g/mol. The number of benzene rings is 1. The number of urea groups is 2. The average Bonchev–Trinajstić information content (AvgIpc) is 3.16.